The molecule has 0 bridgehead atoms. The van der Waals surface area contributed by atoms with E-state index >= 15 is 0 Å². The van der Waals surface area contributed by atoms with Crippen LogP contribution in [0, 0.1) is 0 Å². The van der Waals surface area contributed by atoms with Gasteiger partial charge in [-0.1, -0.05) is 44.9 Å². The van der Waals surface area contributed by atoms with Crippen LogP contribution in [0.5, 0.6) is 0 Å². The Balaban J connectivity index is 1.86. The van der Waals surface area contributed by atoms with Gasteiger partial charge in [-0.2, -0.15) is 0 Å². The van der Waals surface area contributed by atoms with Crippen LogP contribution in [-0.4, -0.2) is 27.6 Å². The van der Waals surface area contributed by atoms with Crippen molar-refractivity contribution in [1.29, 1.82) is 0 Å². The van der Waals surface area contributed by atoms with Gasteiger partial charge >= 0.3 is 0 Å². The highest BCUT2D eigenvalue weighted by atomic mass is 15.1. The fourth-order valence-corrected chi connectivity index (χ4v) is 3.62. The lowest BCUT2D eigenvalue weighted by atomic mass is 10.2. The molecule has 0 aliphatic rings. The number of nitrogens with one attached hydrogen (secondary N) is 1. The summed E-state index contributed by atoms with van der Waals surface area (Å²) in [5.74, 6) is 1.69. The second-order valence-electron chi connectivity index (χ2n) is 7.31. The number of para-hydroxylation sites is 1. The van der Waals surface area contributed by atoms with Crippen molar-refractivity contribution < 1.29 is 0 Å². The number of aryl methyl sites for hydroxylation is 2. The molecule has 3 N–H and O–H groups in total. The summed E-state index contributed by atoms with van der Waals surface area (Å²) in [5.41, 5.74) is 9.23. The molecule has 5 nitrogen and oxygen atoms in total. The Morgan fingerprint density at radius 1 is 0.963 bits per heavy atom. The zero-order valence-electron chi connectivity index (χ0n) is 16.8. The number of nitrogen functional groups attached to an aromatic ring is 1. The molecule has 3 aromatic rings. The number of unbranched alkanes of at least 4 members (excludes halogenated alkanes) is 3. The number of hydrogen-bond donors (Lipinski definition) is 2. The maximum Gasteiger partial charge on any atom is 0.152 e. The number of nitrogens with zero attached hydrogens (tertiary/aromatic N) is 3. The standard InChI is InChI=1S/C22H33N5/c1-3-5-13-19-26-20-21(17-11-7-8-12-18(17)25-22(20)23)27(19)16-10-9-15-24-14-6-4-2/h7-8,11-12,24H,3-6,9-10,13-16H2,1-2H3,(H2,23,25). The summed E-state index contributed by atoms with van der Waals surface area (Å²) < 4.78 is 2.40. The Morgan fingerprint density at radius 3 is 2.56 bits per heavy atom. The fourth-order valence-electron chi connectivity index (χ4n) is 3.62. The summed E-state index contributed by atoms with van der Waals surface area (Å²) in [6.45, 7) is 7.65. The van der Waals surface area contributed by atoms with Crippen LogP contribution in [0.4, 0.5) is 5.82 Å². The molecule has 0 spiro atoms. The smallest absolute Gasteiger partial charge is 0.152 e. The zero-order valence-corrected chi connectivity index (χ0v) is 16.8. The number of rotatable bonds is 11. The van der Waals surface area contributed by atoms with Crippen LogP contribution in [-0.2, 0) is 13.0 Å². The van der Waals surface area contributed by atoms with Gasteiger partial charge in [0.25, 0.3) is 0 Å². The Morgan fingerprint density at radius 2 is 1.74 bits per heavy atom. The van der Waals surface area contributed by atoms with Gasteiger partial charge in [-0.3, -0.25) is 0 Å². The molecule has 0 aliphatic heterocycles. The van der Waals surface area contributed by atoms with Crippen LogP contribution >= 0.6 is 0 Å². The van der Waals surface area contributed by atoms with Gasteiger partial charge in [0.05, 0.1) is 11.0 Å². The van der Waals surface area contributed by atoms with Gasteiger partial charge in [0.2, 0.25) is 0 Å². The lowest BCUT2D eigenvalue weighted by molar-refractivity contribution is 0.552. The molecule has 0 atom stereocenters. The third kappa shape index (κ3) is 4.59. The molecule has 146 valence electrons. The van der Waals surface area contributed by atoms with E-state index in [0.29, 0.717) is 5.82 Å². The Labute approximate surface area is 162 Å². The maximum absolute atomic E-state index is 6.26. The molecule has 27 heavy (non-hydrogen) atoms. The van der Waals surface area contributed by atoms with Gasteiger partial charge in [0, 0.05) is 18.4 Å². The minimum Gasteiger partial charge on any atom is -0.382 e. The summed E-state index contributed by atoms with van der Waals surface area (Å²) in [5, 5.41) is 4.69. The highest BCUT2D eigenvalue weighted by molar-refractivity contribution is 6.06. The van der Waals surface area contributed by atoms with Crippen molar-refractivity contribution in [3.05, 3.63) is 30.1 Å². The number of imidazole rings is 1. The first-order valence-corrected chi connectivity index (χ1v) is 10.5. The number of anilines is 1. The number of fused-ring (bicyclic) bond motifs is 3. The molecular weight excluding hydrogens is 334 g/mol. The highest BCUT2D eigenvalue weighted by Gasteiger charge is 2.16. The molecule has 0 amide bonds. The average molecular weight is 368 g/mol. The third-order valence-electron chi connectivity index (χ3n) is 5.14. The Kier molecular flexibility index (Phi) is 7.04. The molecule has 3 rings (SSSR count). The lowest BCUT2D eigenvalue weighted by Gasteiger charge is -2.11. The lowest BCUT2D eigenvalue weighted by Crippen LogP contribution is -2.17. The van der Waals surface area contributed by atoms with E-state index in [1.807, 2.05) is 12.1 Å². The summed E-state index contributed by atoms with van der Waals surface area (Å²) in [6.07, 6.45) is 8.12. The van der Waals surface area contributed by atoms with Crippen LogP contribution in [0.2, 0.25) is 0 Å². The predicted molar refractivity (Wildman–Crippen MR) is 115 cm³/mol. The van der Waals surface area contributed by atoms with E-state index in [1.54, 1.807) is 0 Å². The van der Waals surface area contributed by atoms with Crippen molar-refractivity contribution in [3.63, 3.8) is 0 Å². The normalized spacial score (nSPS) is 11.6. The number of nitrogens with two attached hydrogens (primary N) is 1. The monoisotopic (exact) mass is 367 g/mol. The average Bonchev–Trinajstić information content (AvgIpc) is 3.05. The van der Waals surface area contributed by atoms with E-state index in [2.05, 4.69) is 40.8 Å². The summed E-state index contributed by atoms with van der Waals surface area (Å²) in [6, 6.07) is 8.26. The molecule has 0 radical (unpaired) electrons. The Hall–Kier alpha value is -2.14. The highest BCUT2D eigenvalue weighted by Crippen LogP contribution is 2.29. The van der Waals surface area contributed by atoms with Crippen LogP contribution in [0.15, 0.2) is 24.3 Å². The van der Waals surface area contributed by atoms with E-state index in [9.17, 15) is 0 Å². The van der Waals surface area contributed by atoms with Crippen molar-refractivity contribution in [1.82, 2.24) is 19.9 Å². The largest absolute Gasteiger partial charge is 0.382 e. The van der Waals surface area contributed by atoms with Gasteiger partial charge in [-0.15, -0.1) is 0 Å². The van der Waals surface area contributed by atoms with E-state index < -0.39 is 0 Å². The molecule has 0 saturated carbocycles. The molecule has 1 aromatic carbocycles. The van der Waals surface area contributed by atoms with Crippen molar-refractivity contribution >= 4 is 27.8 Å². The molecule has 0 fully saturated rings. The molecule has 2 heterocycles. The summed E-state index contributed by atoms with van der Waals surface area (Å²) >= 11 is 0. The zero-order chi connectivity index (χ0) is 19.1. The van der Waals surface area contributed by atoms with Crippen molar-refractivity contribution in [2.24, 2.45) is 0 Å². The van der Waals surface area contributed by atoms with Crippen molar-refractivity contribution in [2.75, 3.05) is 18.8 Å². The fraction of sp³-hybridized carbons (Fsp3) is 0.545. The molecule has 0 aliphatic carbocycles. The predicted octanol–water partition coefficient (Wildman–Crippen LogP) is 4.68. The summed E-state index contributed by atoms with van der Waals surface area (Å²) in [7, 11) is 0. The second kappa shape index (κ2) is 9.70. The van der Waals surface area contributed by atoms with Crippen LogP contribution < -0.4 is 11.1 Å². The number of benzene rings is 1. The van der Waals surface area contributed by atoms with Crippen molar-refractivity contribution in [2.45, 2.75) is 65.3 Å². The number of aromatic nitrogens is 3. The van der Waals surface area contributed by atoms with Crippen LogP contribution in [0.1, 0.15) is 58.2 Å². The van der Waals surface area contributed by atoms with E-state index in [-0.39, 0.29) is 0 Å². The van der Waals surface area contributed by atoms with Gasteiger partial charge in [0.1, 0.15) is 11.3 Å². The third-order valence-corrected chi connectivity index (χ3v) is 5.14. The summed E-state index contributed by atoms with van der Waals surface area (Å²) in [4.78, 5) is 9.47. The quantitative estimate of drug-likeness (QED) is 0.483. The second-order valence-corrected chi connectivity index (χ2v) is 7.31. The molecule has 0 unspecified atom stereocenters. The molecule has 2 aromatic heterocycles. The van der Waals surface area contributed by atoms with Gasteiger partial charge < -0.3 is 15.6 Å². The van der Waals surface area contributed by atoms with E-state index in [0.717, 1.165) is 66.7 Å². The first-order chi connectivity index (χ1) is 13.3. The van der Waals surface area contributed by atoms with Crippen molar-refractivity contribution in [3.8, 4) is 0 Å². The van der Waals surface area contributed by atoms with Gasteiger partial charge in [-0.25, -0.2) is 9.97 Å². The minimum atomic E-state index is 0.543. The first kappa shape index (κ1) is 19.6. The minimum absolute atomic E-state index is 0.543. The van der Waals surface area contributed by atoms with E-state index in [1.165, 1.54) is 25.7 Å². The van der Waals surface area contributed by atoms with Gasteiger partial charge in [-0.05, 0) is 44.8 Å². The van der Waals surface area contributed by atoms with Crippen LogP contribution in [0.25, 0.3) is 21.9 Å². The number of pyridine rings is 1. The SMILES string of the molecule is CCCCNCCCCn1c(CCCC)nc2c(N)nc3ccccc3c21. The molecular formula is C22H33N5. The number of hydrogen-bond acceptors (Lipinski definition) is 4. The van der Waals surface area contributed by atoms with Crippen LogP contribution in [0.3, 0.4) is 0 Å². The molecule has 5 heteroatoms. The molecule has 0 saturated heterocycles. The van der Waals surface area contributed by atoms with Gasteiger partial charge in [0.15, 0.2) is 5.82 Å². The first-order valence-electron chi connectivity index (χ1n) is 10.5. The maximum atomic E-state index is 6.26. The topological polar surface area (TPSA) is 68.8 Å². The Bertz CT molecular complexity index is 868. The van der Waals surface area contributed by atoms with E-state index in [4.69, 9.17) is 10.7 Å².